The van der Waals surface area contributed by atoms with Gasteiger partial charge in [-0.3, -0.25) is 0 Å². The average molecular weight is 145 g/mol. The number of hydrogen-bond donors (Lipinski definition) is 0. The summed E-state index contributed by atoms with van der Waals surface area (Å²) in [5.74, 6) is 0. The van der Waals surface area contributed by atoms with Gasteiger partial charge in [0.25, 0.3) is 0 Å². The Kier molecular flexibility index (Phi) is 2.91. The van der Waals surface area contributed by atoms with Gasteiger partial charge in [0.2, 0.25) is 0 Å². The minimum atomic E-state index is 1.09. The van der Waals surface area contributed by atoms with Crippen molar-refractivity contribution in [1.29, 1.82) is 0 Å². The summed E-state index contributed by atoms with van der Waals surface area (Å²) in [6, 6.07) is 8.35. The molecule has 0 saturated heterocycles. The molecule has 0 bridgehead atoms. The van der Waals surface area contributed by atoms with Gasteiger partial charge in [-0.2, -0.15) is 0 Å². The molecule has 0 aromatic heterocycles. The summed E-state index contributed by atoms with van der Waals surface area (Å²) >= 11 is 0. The minimum Gasteiger partial charge on any atom is -0.0906 e. The average Bonchev–Trinajstić information content (AvgIpc) is 2.06. The third kappa shape index (κ3) is 2.23. The van der Waals surface area contributed by atoms with Crippen molar-refractivity contribution in [3.05, 3.63) is 48.0 Å². The Morgan fingerprint density at radius 3 is 2.91 bits per heavy atom. The van der Waals surface area contributed by atoms with Crippen LogP contribution in [0.25, 0.3) is 0 Å². The monoisotopic (exact) mass is 145 g/mol. The van der Waals surface area contributed by atoms with Crippen LogP contribution >= 0.6 is 0 Å². The first-order valence-electron chi connectivity index (χ1n) is 3.99. The van der Waals surface area contributed by atoms with Gasteiger partial charge in [-0.1, -0.05) is 44.2 Å². The number of hydrogen-bond acceptors (Lipinski definition) is 0. The van der Waals surface area contributed by atoms with E-state index in [9.17, 15) is 0 Å². The molecule has 1 aromatic rings. The molecule has 0 unspecified atom stereocenters. The standard InChI is InChI=1S/C11H13/c1-3-6-11-8-5-7-10(4-2)9-11/h5,7-9H,2-3,6H2,1H3. The van der Waals surface area contributed by atoms with Gasteiger partial charge in [0.1, 0.15) is 0 Å². The fraction of sp³-hybridized carbons (Fsp3) is 0.273. The van der Waals surface area contributed by atoms with Gasteiger partial charge in [-0.15, -0.1) is 0 Å². The Morgan fingerprint density at radius 2 is 2.27 bits per heavy atom. The molecule has 0 saturated carbocycles. The van der Waals surface area contributed by atoms with Crippen molar-refractivity contribution in [3.8, 4) is 0 Å². The summed E-state index contributed by atoms with van der Waals surface area (Å²) in [5.41, 5.74) is 2.47. The topological polar surface area (TPSA) is 0 Å². The van der Waals surface area contributed by atoms with Crippen LogP contribution in [-0.2, 0) is 6.42 Å². The molecule has 0 heteroatoms. The number of aryl methyl sites for hydroxylation is 1. The second kappa shape index (κ2) is 3.97. The highest BCUT2D eigenvalue weighted by Gasteiger charge is 1.90. The first-order chi connectivity index (χ1) is 5.36. The lowest BCUT2D eigenvalue weighted by Gasteiger charge is -1.98. The van der Waals surface area contributed by atoms with Gasteiger partial charge in [0.15, 0.2) is 0 Å². The zero-order valence-electron chi connectivity index (χ0n) is 6.93. The van der Waals surface area contributed by atoms with E-state index in [4.69, 9.17) is 0 Å². The third-order valence-corrected chi connectivity index (χ3v) is 1.67. The van der Waals surface area contributed by atoms with Gasteiger partial charge in [-0.25, -0.2) is 0 Å². The van der Waals surface area contributed by atoms with Crippen LogP contribution in [0.2, 0.25) is 0 Å². The molecule has 0 atom stereocenters. The van der Waals surface area contributed by atoms with Crippen LogP contribution in [0.3, 0.4) is 0 Å². The Bertz CT molecular complexity index is 236. The zero-order chi connectivity index (χ0) is 8.10. The van der Waals surface area contributed by atoms with Gasteiger partial charge in [0.05, 0.1) is 0 Å². The van der Waals surface area contributed by atoms with E-state index >= 15 is 0 Å². The van der Waals surface area contributed by atoms with E-state index in [2.05, 4.69) is 37.8 Å². The zero-order valence-corrected chi connectivity index (χ0v) is 6.93. The molecule has 0 spiro atoms. The molecular formula is C11H13. The molecule has 0 amide bonds. The number of benzene rings is 1. The van der Waals surface area contributed by atoms with E-state index in [1.807, 2.05) is 6.07 Å². The molecule has 0 heterocycles. The highest BCUT2D eigenvalue weighted by atomic mass is 14.0. The Balaban J connectivity index is 2.82. The highest BCUT2D eigenvalue weighted by molar-refractivity contribution is 5.27. The maximum Gasteiger partial charge on any atom is -0.0181 e. The quantitative estimate of drug-likeness (QED) is 0.613. The second-order valence-electron chi connectivity index (χ2n) is 2.63. The predicted molar refractivity (Wildman–Crippen MR) is 48.4 cm³/mol. The molecule has 11 heavy (non-hydrogen) atoms. The fourth-order valence-corrected chi connectivity index (χ4v) is 1.13. The van der Waals surface area contributed by atoms with Crippen LogP contribution < -0.4 is 0 Å². The van der Waals surface area contributed by atoms with Crippen molar-refractivity contribution in [2.75, 3.05) is 0 Å². The second-order valence-corrected chi connectivity index (χ2v) is 2.63. The lowest BCUT2D eigenvalue weighted by Crippen LogP contribution is -1.83. The van der Waals surface area contributed by atoms with Crippen LogP contribution in [-0.4, -0.2) is 0 Å². The van der Waals surface area contributed by atoms with E-state index in [1.165, 1.54) is 12.0 Å². The summed E-state index contributed by atoms with van der Waals surface area (Å²) in [7, 11) is 0. The molecule has 1 rings (SSSR count). The number of rotatable bonds is 3. The van der Waals surface area contributed by atoms with Crippen molar-refractivity contribution in [2.24, 2.45) is 0 Å². The van der Waals surface area contributed by atoms with E-state index in [0.717, 1.165) is 12.0 Å². The SMILES string of the molecule is C=[C]c1cccc(CCC)c1. The van der Waals surface area contributed by atoms with E-state index < -0.39 is 0 Å². The van der Waals surface area contributed by atoms with Crippen LogP contribution in [0.5, 0.6) is 0 Å². The van der Waals surface area contributed by atoms with Crippen LogP contribution in [0, 0.1) is 6.08 Å². The minimum absolute atomic E-state index is 1.09. The molecule has 0 aliphatic carbocycles. The summed E-state index contributed by atoms with van der Waals surface area (Å²) in [5, 5.41) is 0. The van der Waals surface area contributed by atoms with Crippen molar-refractivity contribution in [1.82, 2.24) is 0 Å². The molecular weight excluding hydrogens is 132 g/mol. The van der Waals surface area contributed by atoms with Crippen molar-refractivity contribution >= 4 is 0 Å². The predicted octanol–water partition coefficient (Wildman–Crippen LogP) is 2.98. The molecule has 0 aliphatic heterocycles. The van der Waals surface area contributed by atoms with Gasteiger partial charge in [0, 0.05) is 0 Å². The summed E-state index contributed by atoms with van der Waals surface area (Å²) < 4.78 is 0. The smallest absolute Gasteiger partial charge is 0.0181 e. The Labute approximate surface area is 68.6 Å². The van der Waals surface area contributed by atoms with Crippen LogP contribution in [0.1, 0.15) is 24.5 Å². The van der Waals surface area contributed by atoms with E-state index in [-0.39, 0.29) is 0 Å². The van der Waals surface area contributed by atoms with E-state index in [1.54, 1.807) is 0 Å². The summed E-state index contributed by atoms with van der Waals surface area (Å²) in [6.07, 6.45) is 5.22. The summed E-state index contributed by atoms with van der Waals surface area (Å²) in [4.78, 5) is 0. The molecule has 0 fully saturated rings. The summed E-state index contributed by atoms with van der Waals surface area (Å²) in [6.45, 7) is 5.79. The van der Waals surface area contributed by atoms with Crippen molar-refractivity contribution in [3.63, 3.8) is 0 Å². The van der Waals surface area contributed by atoms with Gasteiger partial charge >= 0.3 is 0 Å². The van der Waals surface area contributed by atoms with Gasteiger partial charge < -0.3 is 0 Å². The Hall–Kier alpha value is -1.04. The molecule has 57 valence electrons. The molecule has 0 nitrogen and oxygen atoms in total. The fourth-order valence-electron chi connectivity index (χ4n) is 1.13. The lowest BCUT2D eigenvalue weighted by molar-refractivity contribution is 0.921. The normalized spacial score (nSPS) is 9.55. The Morgan fingerprint density at radius 1 is 1.45 bits per heavy atom. The maximum absolute atomic E-state index is 3.61. The molecule has 0 aliphatic rings. The van der Waals surface area contributed by atoms with Crippen LogP contribution in [0.15, 0.2) is 30.8 Å². The van der Waals surface area contributed by atoms with Crippen molar-refractivity contribution < 1.29 is 0 Å². The third-order valence-electron chi connectivity index (χ3n) is 1.67. The van der Waals surface area contributed by atoms with Crippen molar-refractivity contribution in [2.45, 2.75) is 19.8 Å². The highest BCUT2D eigenvalue weighted by Crippen LogP contribution is 2.06. The largest absolute Gasteiger partial charge is 0.0906 e. The molecule has 1 radical (unpaired) electrons. The molecule has 0 N–H and O–H groups in total. The van der Waals surface area contributed by atoms with E-state index in [0.29, 0.717) is 0 Å². The van der Waals surface area contributed by atoms with Crippen LogP contribution in [0.4, 0.5) is 0 Å². The lowest BCUT2D eigenvalue weighted by atomic mass is 10.1. The van der Waals surface area contributed by atoms with Gasteiger partial charge in [-0.05, 0) is 23.6 Å². The first kappa shape index (κ1) is 8.06. The maximum atomic E-state index is 3.61. The first-order valence-corrected chi connectivity index (χ1v) is 3.99. The molecule has 1 aromatic carbocycles.